The van der Waals surface area contributed by atoms with Gasteiger partial charge < -0.3 is 9.84 Å². The van der Waals surface area contributed by atoms with E-state index in [1.807, 2.05) is 0 Å². The zero-order chi connectivity index (χ0) is 12.4. The minimum absolute atomic E-state index is 0.0865. The fourth-order valence-electron chi connectivity index (χ4n) is 1.16. The summed E-state index contributed by atoms with van der Waals surface area (Å²) in [6.07, 6.45) is 3.47. The van der Waals surface area contributed by atoms with Gasteiger partial charge in [-0.05, 0) is 12.8 Å². The van der Waals surface area contributed by atoms with Gasteiger partial charge >= 0.3 is 0 Å². The first-order chi connectivity index (χ1) is 7.61. The third-order valence-corrected chi connectivity index (χ3v) is 7.21. The second-order valence-electron chi connectivity index (χ2n) is 3.51. The molecular formula is C10H18Br4O2. The van der Waals surface area contributed by atoms with Crippen LogP contribution in [-0.4, -0.2) is 44.7 Å². The maximum absolute atomic E-state index is 8.59. The third kappa shape index (κ3) is 9.83. The highest BCUT2D eigenvalue weighted by Gasteiger charge is 2.16. The molecular weight excluding hydrogens is 472 g/mol. The van der Waals surface area contributed by atoms with E-state index in [4.69, 9.17) is 9.84 Å². The second kappa shape index (κ2) is 11.9. The number of rotatable bonds is 10. The Morgan fingerprint density at radius 2 is 1.75 bits per heavy atom. The van der Waals surface area contributed by atoms with Gasteiger partial charge in [-0.2, -0.15) is 0 Å². The number of aliphatic hydroxyl groups excluding tert-OH is 1. The predicted octanol–water partition coefficient (Wildman–Crippen LogP) is 3.85. The summed E-state index contributed by atoms with van der Waals surface area (Å²) in [5, 5.41) is 9.58. The van der Waals surface area contributed by atoms with Crippen LogP contribution >= 0.6 is 63.7 Å². The van der Waals surface area contributed by atoms with E-state index in [0.29, 0.717) is 27.7 Å². The van der Waals surface area contributed by atoms with Crippen LogP contribution in [0.15, 0.2) is 0 Å². The molecule has 0 radical (unpaired) electrons. The third-order valence-electron chi connectivity index (χ3n) is 2.07. The van der Waals surface area contributed by atoms with Gasteiger partial charge in [-0.15, -0.1) is 0 Å². The van der Waals surface area contributed by atoms with Crippen LogP contribution in [0.1, 0.15) is 19.3 Å². The molecule has 0 aliphatic rings. The monoisotopic (exact) mass is 486 g/mol. The van der Waals surface area contributed by atoms with Crippen LogP contribution in [0.2, 0.25) is 0 Å². The molecule has 0 bridgehead atoms. The van der Waals surface area contributed by atoms with Gasteiger partial charge in [-0.3, -0.25) is 0 Å². The molecule has 0 aromatic heterocycles. The summed E-state index contributed by atoms with van der Waals surface area (Å²) in [6.45, 7) is 1.13. The van der Waals surface area contributed by atoms with E-state index in [1.54, 1.807) is 0 Å². The zero-order valence-corrected chi connectivity index (χ0v) is 15.4. The van der Waals surface area contributed by atoms with Crippen molar-refractivity contribution in [2.45, 2.75) is 33.7 Å². The van der Waals surface area contributed by atoms with E-state index in [-0.39, 0.29) is 6.61 Å². The van der Waals surface area contributed by atoms with Gasteiger partial charge in [0.2, 0.25) is 0 Å². The zero-order valence-electron chi connectivity index (χ0n) is 9.05. The van der Waals surface area contributed by atoms with E-state index in [2.05, 4.69) is 63.7 Å². The van der Waals surface area contributed by atoms with E-state index >= 15 is 0 Å². The molecule has 0 fully saturated rings. The van der Waals surface area contributed by atoms with Crippen molar-refractivity contribution in [2.24, 2.45) is 0 Å². The molecule has 1 N–H and O–H groups in total. The molecule has 0 heterocycles. The maximum atomic E-state index is 8.59. The summed E-state index contributed by atoms with van der Waals surface area (Å²) < 4.78 is 5.27. The van der Waals surface area contributed by atoms with Gasteiger partial charge in [0.25, 0.3) is 0 Å². The SMILES string of the molecule is OCCOCC(Br)C(Br)CCCC(Br)CBr. The molecule has 2 nitrogen and oxygen atoms in total. The highest BCUT2D eigenvalue weighted by Crippen LogP contribution is 2.22. The molecule has 0 aromatic carbocycles. The molecule has 98 valence electrons. The van der Waals surface area contributed by atoms with Gasteiger partial charge in [-0.1, -0.05) is 70.1 Å². The van der Waals surface area contributed by atoms with Crippen molar-refractivity contribution in [3.63, 3.8) is 0 Å². The summed E-state index contributed by atoms with van der Waals surface area (Å²) >= 11 is 14.3. The van der Waals surface area contributed by atoms with Crippen molar-refractivity contribution >= 4 is 63.7 Å². The van der Waals surface area contributed by atoms with E-state index in [9.17, 15) is 0 Å². The van der Waals surface area contributed by atoms with Crippen LogP contribution < -0.4 is 0 Å². The Morgan fingerprint density at radius 1 is 1.06 bits per heavy atom. The lowest BCUT2D eigenvalue weighted by Gasteiger charge is -2.17. The Morgan fingerprint density at radius 3 is 2.31 bits per heavy atom. The minimum atomic E-state index is 0.0865. The molecule has 0 aliphatic carbocycles. The maximum Gasteiger partial charge on any atom is 0.0698 e. The molecule has 0 aromatic rings. The Bertz CT molecular complexity index is 160. The lowest BCUT2D eigenvalue weighted by Crippen LogP contribution is -2.21. The first kappa shape index (κ1) is 17.8. The lowest BCUT2D eigenvalue weighted by atomic mass is 10.1. The first-order valence-corrected chi connectivity index (χ1v) is 9.15. The van der Waals surface area contributed by atoms with Crippen LogP contribution in [0.25, 0.3) is 0 Å². The Balaban J connectivity index is 3.50. The van der Waals surface area contributed by atoms with Crippen molar-refractivity contribution in [2.75, 3.05) is 25.2 Å². The van der Waals surface area contributed by atoms with Crippen LogP contribution in [0.3, 0.4) is 0 Å². The van der Waals surface area contributed by atoms with E-state index in [1.165, 1.54) is 12.8 Å². The van der Waals surface area contributed by atoms with Gasteiger partial charge in [-0.25, -0.2) is 0 Å². The van der Waals surface area contributed by atoms with Gasteiger partial charge in [0, 0.05) is 15.0 Å². The number of aliphatic hydroxyl groups is 1. The Kier molecular flexibility index (Phi) is 13.3. The van der Waals surface area contributed by atoms with Gasteiger partial charge in [0.05, 0.1) is 24.6 Å². The van der Waals surface area contributed by atoms with Crippen LogP contribution in [0.4, 0.5) is 0 Å². The molecule has 0 saturated heterocycles. The molecule has 6 heteroatoms. The minimum Gasteiger partial charge on any atom is -0.394 e. The van der Waals surface area contributed by atoms with Crippen LogP contribution in [0.5, 0.6) is 0 Å². The van der Waals surface area contributed by atoms with Crippen molar-refractivity contribution in [1.29, 1.82) is 0 Å². The molecule has 0 amide bonds. The van der Waals surface area contributed by atoms with E-state index in [0.717, 1.165) is 11.8 Å². The van der Waals surface area contributed by atoms with Gasteiger partial charge in [0.1, 0.15) is 0 Å². The number of halogens is 4. The molecule has 16 heavy (non-hydrogen) atoms. The number of hydrogen-bond acceptors (Lipinski definition) is 2. The molecule has 0 rings (SSSR count). The number of alkyl halides is 4. The Labute approximate surface area is 131 Å². The largest absolute Gasteiger partial charge is 0.394 e. The Hall–Kier alpha value is 1.84. The summed E-state index contributed by atoms with van der Waals surface area (Å²) in [5.74, 6) is 0. The van der Waals surface area contributed by atoms with Gasteiger partial charge in [0.15, 0.2) is 0 Å². The van der Waals surface area contributed by atoms with Crippen molar-refractivity contribution in [3.8, 4) is 0 Å². The first-order valence-electron chi connectivity index (χ1n) is 5.28. The topological polar surface area (TPSA) is 29.5 Å². The van der Waals surface area contributed by atoms with Crippen molar-refractivity contribution < 1.29 is 9.84 Å². The highest BCUT2D eigenvalue weighted by molar-refractivity contribution is 9.12. The van der Waals surface area contributed by atoms with Crippen molar-refractivity contribution in [1.82, 2.24) is 0 Å². The standard InChI is InChI=1S/C10H18Br4O2/c11-6-8(12)2-1-3-9(13)10(14)7-16-5-4-15/h8-10,15H,1-7H2. The normalized spacial score (nSPS) is 17.1. The average molecular weight is 490 g/mol. The average Bonchev–Trinajstić information content (AvgIpc) is 2.28. The summed E-state index contributed by atoms with van der Waals surface area (Å²) in [6, 6.07) is 0. The van der Waals surface area contributed by atoms with E-state index < -0.39 is 0 Å². The molecule has 3 atom stereocenters. The number of hydrogen-bond donors (Lipinski definition) is 1. The molecule has 0 aliphatic heterocycles. The van der Waals surface area contributed by atoms with Crippen molar-refractivity contribution in [3.05, 3.63) is 0 Å². The fourth-order valence-corrected chi connectivity index (χ4v) is 2.73. The smallest absolute Gasteiger partial charge is 0.0698 e. The predicted molar refractivity (Wildman–Crippen MR) is 83.7 cm³/mol. The van der Waals surface area contributed by atoms with Crippen LogP contribution in [0, 0.1) is 0 Å². The summed E-state index contributed by atoms with van der Waals surface area (Å²) in [5.41, 5.74) is 0. The lowest BCUT2D eigenvalue weighted by molar-refractivity contribution is 0.0935. The molecule has 0 saturated carbocycles. The highest BCUT2D eigenvalue weighted by atomic mass is 79.9. The molecule has 0 spiro atoms. The second-order valence-corrected chi connectivity index (χ2v) is 7.81. The quantitative estimate of drug-likeness (QED) is 0.373. The van der Waals surface area contributed by atoms with Crippen LogP contribution in [-0.2, 0) is 4.74 Å². The fraction of sp³-hybridized carbons (Fsp3) is 1.00. The number of ether oxygens (including phenoxy) is 1. The summed E-state index contributed by atoms with van der Waals surface area (Å²) in [7, 11) is 0. The summed E-state index contributed by atoms with van der Waals surface area (Å²) in [4.78, 5) is 1.28. The molecule has 3 unspecified atom stereocenters.